The van der Waals surface area contributed by atoms with E-state index in [2.05, 4.69) is 79.9 Å². The molecular weight excluding hydrogens is 807 g/mol. The van der Waals surface area contributed by atoms with Crippen molar-refractivity contribution in [2.75, 3.05) is 6.61 Å². The first-order valence-corrected chi connectivity index (χ1v) is 29.2. The molecule has 2 unspecified atom stereocenters. The Labute approximate surface area is 412 Å². The Morgan fingerprint density at radius 3 is 0.985 bits per heavy atom. The van der Waals surface area contributed by atoms with Crippen LogP contribution in [0.5, 0.6) is 0 Å². The Morgan fingerprint density at radius 1 is 0.364 bits per heavy atom. The van der Waals surface area contributed by atoms with E-state index < -0.39 is 12.1 Å². The van der Waals surface area contributed by atoms with Crippen LogP contribution in [-0.4, -0.2) is 34.9 Å². The van der Waals surface area contributed by atoms with E-state index in [0.717, 1.165) is 51.4 Å². The molecule has 0 saturated carbocycles. The summed E-state index contributed by atoms with van der Waals surface area (Å²) in [6, 6.07) is -0.649. The van der Waals surface area contributed by atoms with Crippen LogP contribution in [-0.2, 0) is 4.79 Å². The maximum Gasteiger partial charge on any atom is 0.220 e. The average Bonchev–Trinajstić information content (AvgIpc) is 3.32. The number of carbonyl (C=O) groups excluding carboxylic acids is 1. The molecule has 4 heteroatoms. The minimum absolute atomic E-state index is 0.0767. The summed E-state index contributed by atoms with van der Waals surface area (Å²) in [6.45, 7) is 4.30. The second-order valence-corrected chi connectivity index (χ2v) is 19.7. The van der Waals surface area contributed by atoms with Crippen molar-refractivity contribution in [3.8, 4) is 0 Å². The van der Waals surface area contributed by atoms with Crippen LogP contribution in [0.15, 0.2) is 72.9 Å². The van der Waals surface area contributed by atoms with Crippen LogP contribution >= 0.6 is 0 Å². The van der Waals surface area contributed by atoms with Gasteiger partial charge in [0.25, 0.3) is 0 Å². The summed E-state index contributed by atoms with van der Waals surface area (Å²) in [5.74, 6) is -0.0767. The van der Waals surface area contributed by atoms with Gasteiger partial charge in [0.05, 0.1) is 18.8 Å². The van der Waals surface area contributed by atoms with Crippen LogP contribution in [0, 0.1) is 0 Å². The number of hydrogen-bond acceptors (Lipinski definition) is 3. The third-order valence-corrected chi connectivity index (χ3v) is 13.1. The van der Waals surface area contributed by atoms with Gasteiger partial charge in [-0.2, -0.15) is 0 Å². The van der Waals surface area contributed by atoms with E-state index in [1.165, 1.54) is 225 Å². The van der Waals surface area contributed by atoms with Crippen molar-refractivity contribution in [1.82, 2.24) is 5.32 Å². The first-order valence-electron chi connectivity index (χ1n) is 29.2. The Kier molecular flexibility index (Phi) is 55.3. The zero-order chi connectivity index (χ0) is 47.7. The van der Waals surface area contributed by atoms with E-state index in [0.29, 0.717) is 6.42 Å². The molecule has 66 heavy (non-hydrogen) atoms. The number of aliphatic hydroxyl groups is 2. The molecule has 0 saturated heterocycles. The zero-order valence-electron chi connectivity index (χ0n) is 44.2. The number of amides is 1. The molecule has 0 radical (unpaired) electrons. The Balaban J connectivity index is 3.55. The predicted octanol–water partition coefficient (Wildman–Crippen LogP) is 19.4. The summed E-state index contributed by atoms with van der Waals surface area (Å²) in [6.07, 6.45) is 82.1. The molecule has 0 fully saturated rings. The van der Waals surface area contributed by atoms with E-state index >= 15 is 0 Å². The molecule has 0 aliphatic carbocycles. The van der Waals surface area contributed by atoms with Crippen molar-refractivity contribution < 1.29 is 15.0 Å². The molecule has 0 aromatic heterocycles. The lowest BCUT2D eigenvalue weighted by Gasteiger charge is -2.19. The number of hydrogen-bond donors (Lipinski definition) is 3. The lowest BCUT2D eigenvalue weighted by atomic mass is 10.0. The number of aliphatic hydroxyl groups excluding tert-OH is 2. The smallest absolute Gasteiger partial charge is 0.220 e. The van der Waals surface area contributed by atoms with Gasteiger partial charge in [0, 0.05) is 6.42 Å². The quantitative estimate of drug-likeness (QED) is 0.0421. The minimum atomic E-state index is -0.874. The molecule has 4 nitrogen and oxygen atoms in total. The molecule has 0 aliphatic rings. The lowest BCUT2D eigenvalue weighted by Crippen LogP contribution is -2.45. The van der Waals surface area contributed by atoms with Crippen LogP contribution < -0.4 is 5.32 Å². The molecule has 0 spiro atoms. The van der Waals surface area contributed by atoms with Crippen molar-refractivity contribution in [3.05, 3.63) is 72.9 Å². The maximum absolute atomic E-state index is 12.5. The lowest BCUT2D eigenvalue weighted by molar-refractivity contribution is -0.123. The summed E-state index contributed by atoms with van der Waals surface area (Å²) in [7, 11) is 0. The zero-order valence-corrected chi connectivity index (χ0v) is 44.2. The maximum atomic E-state index is 12.5. The highest BCUT2D eigenvalue weighted by molar-refractivity contribution is 5.76. The first-order chi connectivity index (χ1) is 32.7. The Morgan fingerprint density at radius 2 is 0.636 bits per heavy atom. The molecule has 0 aromatic rings. The second kappa shape index (κ2) is 57.1. The number of unbranched alkanes of at least 4 members (excludes halogenated alkanes) is 36. The van der Waals surface area contributed by atoms with E-state index in [1.807, 2.05) is 6.08 Å². The van der Waals surface area contributed by atoms with E-state index in [4.69, 9.17) is 0 Å². The summed E-state index contributed by atoms with van der Waals surface area (Å²) >= 11 is 0. The van der Waals surface area contributed by atoms with Gasteiger partial charge >= 0.3 is 0 Å². The number of allylic oxidation sites excluding steroid dienone is 11. The topological polar surface area (TPSA) is 69.6 Å². The summed E-state index contributed by atoms with van der Waals surface area (Å²) < 4.78 is 0. The summed E-state index contributed by atoms with van der Waals surface area (Å²) in [5.41, 5.74) is 0. The van der Waals surface area contributed by atoms with Gasteiger partial charge in [0.2, 0.25) is 5.91 Å². The third kappa shape index (κ3) is 52.8. The highest BCUT2D eigenvalue weighted by atomic mass is 16.3. The standard InChI is InChI=1S/C62H113NO3/c1-3-5-7-9-11-13-15-17-19-21-23-25-27-28-29-30-31-32-33-34-36-38-40-42-44-46-48-50-52-54-56-58-62(66)63-60(59-64)61(65)57-55-53-51-49-47-45-43-41-39-37-35-26-24-22-20-18-16-14-12-10-8-6-4-2/h15,17,21,23,27-28,39,41,47,49,55,57,60-61,64-65H,3-14,16,18-20,22,24-26,29-38,40,42-46,48,50-54,56,58-59H2,1-2H3,(H,63,66)/b17-15-,23-21-,28-27-,41-39+,49-47+,57-55+. The molecule has 0 aromatic carbocycles. The van der Waals surface area contributed by atoms with E-state index in [9.17, 15) is 15.0 Å². The van der Waals surface area contributed by atoms with Gasteiger partial charge in [-0.25, -0.2) is 0 Å². The first kappa shape index (κ1) is 63.8. The van der Waals surface area contributed by atoms with Crippen LogP contribution in [0.2, 0.25) is 0 Å². The van der Waals surface area contributed by atoms with Crippen molar-refractivity contribution in [1.29, 1.82) is 0 Å². The summed E-state index contributed by atoms with van der Waals surface area (Å²) in [4.78, 5) is 12.5. The molecule has 0 rings (SSSR count). The van der Waals surface area contributed by atoms with Gasteiger partial charge in [-0.1, -0.05) is 279 Å². The monoisotopic (exact) mass is 920 g/mol. The van der Waals surface area contributed by atoms with Gasteiger partial charge in [0.15, 0.2) is 0 Å². The molecule has 384 valence electrons. The molecule has 2 atom stereocenters. The van der Waals surface area contributed by atoms with Gasteiger partial charge in [0.1, 0.15) is 0 Å². The number of nitrogens with one attached hydrogen (secondary N) is 1. The van der Waals surface area contributed by atoms with Gasteiger partial charge in [-0.3, -0.25) is 4.79 Å². The Hall–Kier alpha value is -2.17. The number of carbonyl (C=O) groups is 1. The van der Waals surface area contributed by atoms with Gasteiger partial charge < -0.3 is 15.5 Å². The van der Waals surface area contributed by atoms with Crippen molar-refractivity contribution in [3.63, 3.8) is 0 Å². The fraction of sp³-hybridized carbons (Fsp3) is 0.790. The van der Waals surface area contributed by atoms with Gasteiger partial charge in [-0.05, 0) is 83.5 Å². The Bertz CT molecular complexity index is 1130. The van der Waals surface area contributed by atoms with Crippen LogP contribution in [0.4, 0.5) is 0 Å². The van der Waals surface area contributed by atoms with Crippen LogP contribution in [0.25, 0.3) is 0 Å². The van der Waals surface area contributed by atoms with Crippen molar-refractivity contribution in [2.45, 2.75) is 309 Å². The largest absolute Gasteiger partial charge is 0.394 e. The molecule has 0 aliphatic heterocycles. The second-order valence-electron chi connectivity index (χ2n) is 19.7. The predicted molar refractivity (Wildman–Crippen MR) is 294 cm³/mol. The average molecular weight is 921 g/mol. The third-order valence-electron chi connectivity index (χ3n) is 13.1. The van der Waals surface area contributed by atoms with Crippen molar-refractivity contribution >= 4 is 5.91 Å². The van der Waals surface area contributed by atoms with Gasteiger partial charge in [-0.15, -0.1) is 0 Å². The van der Waals surface area contributed by atoms with Crippen molar-refractivity contribution in [2.24, 2.45) is 0 Å². The highest BCUT2D eigenvalue weighted by Crippen LogP contribution is 2.16. The SMILES string of the molecule is CCCCCCC/C=C\C/C=C\C/C=C\CCCCCCCCCCCCCCCCCCC(=O)NC(CO)C(O)/C=C/CC/C=C/CC/C=C/CCCCCCCCCCCCCCC. The highest BCUT2D eigenvalue weighted by Gasteiger charge is 2.18. The number of rotatable bonds is 53. The minimum Gasteiger partial charge on any atom is -0.394 e. The summed E-state index contributed by atoms with van der Waals surface area (Å²) in [5, 5.41) is 23.2. The fourth-order valence-electron chi connectivity index (χ4n) is 8.69. The van der Waals surface area contributed by atoms with E-state index in [1.54, 1.807) is 6.08 Å². The molecule has 3 N–H and O–H groups in total. The van der Waals surface area contributed by atoms with E-state index in [-0.39, 0.29) is 12.5 Å². The fourth-order valence-corrected chi connectivity index (χ4v) is 8.69. The molecular formula is C62H113NO3. The van der Waals surface area contributed by atoms with Crippen LogP contribution in [0.1, 0.15) is 296 Å². The molecule has 1 amide bonds. The van der Waals surface area contributed by atoms with Crippen LogP contribution in [0.3, 0.4) is 0 Å². The molecule has 0 heterocycles. The normalized spacial score (nSPS) is 13.3. The molecule has 0 bridgehead atoms.